The number of benzene rings is 2. The van der Waals surface area contributed by atoms with Crippen LogP contribution in [0, 0.1) is 5.92 Å². The molecule has 1 N–H and O–H groups in total. The first kappa shape index (κ1) is 13.4. The van der Waals surface area contributed by atoms with Gasteiger partial charge in [-0.15, -0.1) is 0 Å². The van der Waals surface area contributed by atoms with E-state index in [1.54, 1.807) is 6.92 Å². The van der Waals surface area contributed by atoms with E-state index in [-0.39, 0.29) is 17.6 Å². The van der Waals surface area contributed by atoms with Gasteiger partial charge in [0.15, 0.2) is 0 Å². The summed E-state index contributed by atoms with van der Waals surface area (Å²) in [6.07, 6.45) is 0.482. The number of carbonyl (C=O) groups is 1. The van der Waals surface area contributed by atoms with Crippen molar-refractivity contribution in [1.82, 2.24) is 0 Å². The number of aromatic hydroxyl groups is 1. The van der Waals surface area contributed by atoms with Crippen molar-refractivity contribution in [1.29, 1.82) is 0 Å². The molecule has 2 aromatic rings. The number of ether oxygens (including phenoxy) is 1. The van der Waals surface area contributed by atoms with E-state index in [1.807, 2.05) is 43.3 Å². The molecule has 0 saturated carbocycles. The maximum absolute atomic E-state index is 11.6. The highest BCUT2D eigenvalue weighted by Crippen LogP contribution is 2.30. The second kappa shape index (κ2) is 5.74. The summed E-state index contributed by atoms with van der Waals surface area (Å²) in [5.41, 5.74) is 0.777. The van der Waals surface area contributed by atoms with E-state index < -0.39 is 0 Å². The molecule has 1 atom stereocenters. The average molecular weight is 258 g/mol. The zero-order chi connectivity index (χ0) is 13.8. The summed E-state index contributed by atoms with van der Waals surface area (Å²) in [7, 11) is 0. The lowest BCUT2D eigenvalue weighted by Gasteiger charge is -2.12. The second-order valence-corrected chi connectivity index (χ2v) is 4.65. The molecule has 0 aliphatic heterocycles. The molecule has 0 heterocycles. The Hall–Kier alpha value is -2.03. The highest BCUT2D eigenvalue weighted by atomic mass is 16.5. The van der Waals surface area contributed by atoms with Crippen LogP contribution in [0.3, 0.4) is 0 Å². The van der Waals surface area contributed by atoms with Crippen molar-refractivity contribution in [2.75, 3.05) is 6.61 Å². The molecule has 100 valence electrons. The smallest absolute Gasteiger partial charge is 0.308 e. The maximum atomic E-state index is 11.6. The van der Waals surface area contributed by atoms with Gasteiger partial charge >= 0.3 is 5.97 Å². The Morgan fingerprint density at radius 2 is 2.00 bits per heavy atom. The van der Waals surface area contributed by atoms with Gasteiger partial charge in [-0.3, -0.25) is 4.79 Å². The first-order chi connectivity index (χ1) is 9.13. The van der Waals surface area contributed by atoms with Crippen molar-refractivity contribution in [2.24, 2.45) is 5.92 Å². The minimum Gasteiger partial charge on any atom is -0.507 e. The minimum absolute atomic E-state index is 0.227. The number of fused-ring (bicyclic) bond motifs is 1. The van der Waals surface area contributed by atoms with Crippen molar-refractivity contribution >= 4 is 16.7 Å². The van der Waals surface area contributed by atoms with Crippen LogP contribution in [0.25, 0.3) is 10.8 Å². The maximum Gasteiger partial charge on any atom is 0.308 e. The lowest BCUT2D eigenvalue weighted by Crippen LogP contribution is -2.16. The summed E-state index contributed by atoms with van der Waals surface area (Å²) in [6, 6.07) is 11.5. The molecule has 3 nitrogen and oxygen atoms in total. The molecule has 3 heteroatoms. The third kappa shape index (κ3) is 2.87. The van der Waals surface area contributed by atoms with Gasteiger partial charge in [-0.1, -0.05) is 43.3 Å². The van der Waals surface area contributed by atoms with Gasteiger partial charge in [0.05, 0.1) is 12.5 Å². The van der Waals surface area contributed by atoms with Crippen molar-refractivity contribution < 1.29 is 14.6 Å². The zero-order valence-corrected chi connectivity index (χ0v) is 11.2. The molecule has 0 aromatic heterocycles. The Labute approximate surface area is 112 Å². The molecule has 2 aromatic carbocycles. The largest absolute Gasteiger partial charge is 0.507 e. The lowest BCUT2D eigenvalue weighted by molar-refractivity contribution is -0.147. The second-order valence-electron chi connectivity index (χ2n) is 4.65. The van der Waals surface area contributed by atoms with E-state index in [0.29, 0.717) is 13.0 Å². The number of carbonyl (C=O) groups excluding carboxylic acids is 1. The molecule has 1 unspecified atom stereocenters. The SMILES string of the molecule is CCOC(=O)C(C)Cc1ccc2ccccc2c1O. The van der Waals surface area contributed by atoms with Crippen LogP contribution in [0.4, 0.5) is 0 Å². The fraction of sp³-hybridized carbons (Fsp3) is 0.312. The normalized spacial score (nSPS) is 12.3. The summed E-state index contributed by atoms with van der Waals surface area (Å²) in [4.78, 5) is 11.6. The summed E-state index contributed by atoms with van der Waals surface area (Å²) < 4.78 is 4.98. The van der Waals surface area contributed by atoms with Crippen LogP contribution in [-0.2, 0) is 16.0 Å². The number of phenols is 1. The number of rotatable bonds is 4. The van der Waals surface area contributed by atoms with Gasteiger partial charge in [0.25, 0.3) is 0 Å². The Kier molecular flexibility index (Phi) is 4.05. The van der Waals surface area contributed by atoms with Crippen molar-refractivity contribution in [3.63, 3.8) is 0 Å². The van der Waals surface area contributed by atoms with Gasteiger partial charge in [0.2, 0.25) is 0 Å². The summed E-state index contributed by atoms with van der Waals surface area (Å²) in [6.45, 7) is 3.98. The summed E-state index contributed by atoms with van der Waals surface area (Å²) in [5.74, 6) is -0.226. The fourth-order valence-corrected chi connectivity index (χ4v) is 2.16. The Morgan fingerprint density at radius 3 is 2.74 bits per heavy atom. The molecule has 0 radical (unpaired) electrons. The van der Waals surface area contributed by atoms with E-state index in [2.05, 4.69) is 0 Å². The van der Waals surface area contributed by atoms with E-state index in [4.69, 9.17) is 4.74 Å². The minimum atomic E-state index is -0.257. The molecule has 0 amide bonds. The highest BCUT2D eigenvalue weighted by molar-refractivity contribution is 5.89. The van der Waals surface area contributed by atoms with Crippen molar-refractivity contribution in [3.8, 4) is 5.75 Å². The standard InChI is InChI=1S/C16H18O3/c1-3-19-16(18)11(2)10-13-9-8-12-6-4-5-7-14(12)15(13)17/h4-9,11,17H,3,10H2,1-2H3. The first-order valence-electron chi connectivity index (χ1n) is 6.49. The molecule has 0 fully saturated rings. The van der Waals surface area contributed by atoms with Gasteiger partial charge in [0.1, 0.15) is 5.75 Å². The number of hydrogen-bond acceptors (Lipinski definition) is 3. The molecule has 2 rings (SSSR count). The van der Waals surface area contributed by atoms with Crippen LogP contribution in [0.1, 0.15) is 19.4 Å². The summed E-state index contributed by atoms with van der Waals surface area (Å²) >= 11 is 0. The monoisotopic (exact) mass is 258 g/mol. The predicted molar refractivity (Wildman–Crippen MR) is 75.1 cm³/mol. The molecule has 0 spiro atoms. The predicted octanol–water partition coefficient (Wildman–Crippen LogP) is 3.29. The van der Waals surface area contributed by atoms with Crippen LogP contribution >= 0.6 is 0 Å². The zero-order valence-electron chi connectivity index (χ0n) is 11.2. The van der Waals surface area contributed by atoms with Gasteiger partial charge in [0, 0.05) is 5.39 Å². The molecular formula is C16H18O3. The van der Waals surface area contributed by atoms with Crippen LogP contribution in [-0.4, -0.2) is 17.7 Å². The van der Waals surface area contributed by atoms with Gasteiger partial charge in [-0.25, -0.2) is 0 Å². The average Bonchev–Trinajstić information content (AvgIpc) is 2.42. The van der Waals surface area contributed by atoms with E-state index in [1.165, 1.54) is 0 Å². The quantitative estimate of drug-likeness (QED) is 0.856. The molecule has 0 aliphatic rings. The van der Waals surface area contributed by atoms with Crippen LogP contribution < -0.4 is 0 Å². The first-order valence-corrected chi connectivity index (χ1v) is 6.49. The molecular weight excluding hydrogens is 240 g/mol. The van der Waals surface area contributed by atoms with E-state index in [0.717, 1.165) is 16.3 Å². The van der Waals surface area contributed by atoms with E-state index in [9.17, 15) is 9.90 Å². The molecule has 0 bridgehead atoms. The lowest BCUT2D eigenvalue weighted by atomic mass is 9.97. The van der Waals surface area contributed by atoms with Gasteiger partial charge in [-0.05, 0) is 24.3 Å². The third-order valence-electron chi connectivity index (χ3n) is 3.20. The van der Waals surface area contributed by atoms with Crippen molar-refractivity contribution in [2.45, 2.75) is 20.3 Å². The molecule has 19 heavy (non-hydrogen) atoms. The van der Waals surface area contributed by atoms with Crippen LogP contribution in [0.5, 0.6) is 5.75 Å². The number of hydrogen-bond donors (Lipinski definition) is 1. The molecule has 0 aliphatic carbocycles. The highest BCUT2D eigenvalue weighted by Gasteiger charge is 2.17. The van der Waals surface area contributed by atoms with E-state index >= 15 is 0 Å². The molecule has 0 saturated heterocycles. The topological polar surface area (TPSA) is 46.5 Å². The van der Waals surface area contributed by atoms with Gasteiger partial charge in [-0.2, -0.15) is 0 Å². The fourth-order valence-electron chi connectivity index (χ4n) is 2.16. The Balaban J connectivity index is 2.26. The van der Waals surface area contributed by atoms with Crippen LogP contribution in [0.2, 0.25) is 0 Å². The van der Waals surface area contributed by atoms with Crippen molar-refractivity contribution in [3.05, 3.63) is 42.0 Å². The third-order valence-corrected chi connectivity index (χ3v) is 3.20. The summed E-state index contributed by atoms with van der Waals surface area (Å²) in [5, 5.41) is 12.1. The number of phenolic OH excluding ortho intramolecular Hbond substituents is 1. The van der Waals surface area contributed by atoms with Crippen LogP contribution in [0.15, 0.2) is 36.4 Å². The Morgan fingerprint density at radius 1 is 1.26 bits per heavy atom. The number of esters is 1. The Bertz CT molecular complexity index is 590. The van der Waals surface area contributed by atoms with Gasteiger partial charge < -0.3 is 9.84 Å².